The normalized spacial score (nSPS) is 20.3. The van der Waals surface area contributed by atoms with E-state index in [1.54, 1.807) is 39.0 Å². The van der Waals surface area contributed by atoms with E-state index >= 15 is 0 Å². The van der Waals surface area contributed by atoms with Crippen LogP contribution in [0.2, 0.25) is 0 Å². The Morgan fingerprint density at radius 1 is 1.12 bits per heavy atom. The van der Waals surface area contributed by atoms with Crippen LogP contribution in [0.1, 0.15) is 32.3 Å². The van der Waals surface area contributed by atoms with Crippen molar-refractivity contribution in [1.82, 2.24) is 4.90 Å². The van der Waals surface area contributed by atoms with Crippen molar-refractivity contribution < 1.29 is 28.9 Å². The lowest BCUT2D eigenvalue weighted by molar-refractivity contribution is -0.311. The number of aliphatic carboxylic acids is 1. The van der Waals surface area contributed by atoms with Crippen LogP contribution in [0.15, 0.2) is 18.2 Å². The monoisotopic (exact) mass is 350 g/mol. The molecule has 0 N–H and O–H groups in total. The average Bonchev–Trinajstić information content (AvgIpc) is 2.98. The predicted molar refractivity (Wildman–Crippen MR) is 88.6 cm³/mol. The Balaban J connectivity index is 2.27. The summed E-state index contributed by atoms with van der Waals surface area (Å²) in [5.74, 6) is -1.35. The third-order valence-corrected chi connectivity index (χ3v) is 4.11. The van der Waals surface area contributed by atoms with Gasteiger partial charge in [-0.3, -0.25) is 0 Å². The molecule has 2 rings (SSSR count). The topological polar surface area (TPSA) is 88.1 Å². The first kappa shape index (κ1) is 18.9. The molecule has 1 aromatic rings. The molecule has 138 valence electrons. The molecule has 0 aromatic heterocycles. The number of carbonyl (C=O) groups excluding carboxylic acids is 2. The van der Waals surface area contributed by atoms with Gasteiger partial charge in [0.25, 0.3) is 0 Å². The molecule has 0 spiro atoms. The van der Waals surface area contributed by atoms with Crippen molar-refractivity contribution >= 4 is 12.1 Å². The van der Waals surface area contributed by atoms with Gasteiger partial charge in [0, 0.05) is 30.9 Å². The zero-order chi connectivity index (χ0) is 18.8. The maximum absolute atomic E-state index is 12.3. The number of hydrogen-bond acceptors (Lipinski definition) is 6. The number of carbonyl (C=O) groups is 2. The van der Waals surface area contributed by atoms with Crippen LogP contribution >= 0.6 is 0 Å². The number of likely N-dealkylation sites (tertiary alicyclic amines) is 1. The van der Waals surface area contributed by atoms with Crippen LogP contribution in [-0.4, -0.2) is 49.9 Å². The molecule has 1 saturated heterocycles. The van der Waals surface area contributed by atoms with E-state index in [2.05, 4.69) is 0 Å². The van der Waals surface area contributed by atoms with Gasteiger partial charge in [0.05, 0.1) is 14.2 Å². The molecule has 1 aliphatic heterocycles. The first-order chi connectivity index (χ1) is 11.7. The molecule has 1 heterocycles. The molecule has 0 radical (unpaired) electrons. The summed E-state index contributed by atoms with van der Waals surface area (Å²) in [6, 6.07) is 5.23. The van der Waals surface area contributed by atoms with E-state index in [1.165, 1.54) is 19.1 Å². The van der Waals surface area contributed by atoms with Crippen LogP contribution in [0.4, 0.5) is 4.79 Å². The Hall–Kier alpha value is -2.44. The highest BCUT2D eigenvalue weighted by Crippen LogP contribution is 2.37. The Morgan fingerprint density at radius 2 is 1.76 bits per heavy atom. The first-order valence-electron chi connectivity index (χ1n) is 8.07. The largest absolute Gasteiger partial charge is 0.550 e. The molecule has 1 aromatic carbocycles. The van der Waals surface area contributed by atoms with Gasteiger partial charge in [0.15, 0.2) is 11.5 Å². The highest BCUT2D eigenvalue weighted by molar-refractivity contribution is 5.74. The third kappa shape index (κ3) is 4.35. The van der Waals surface area contributed by atoms with Crippen LogP contribution in [-0.2, 0) is 9.53 Å². The van der Waals surface area contributed by atoms with E-state index in [0.717, 1.165) is 5.56 Å². The molecular weight excluding hydrogens is 326 g/mol. The van der Waals surface area contributed by atoms with Gasteiger partial charge in [-0.05, 0) is 38.5 Å². The molecule has 0 aliphatic carbocycles. The second-order valence-electron chi connectivity index (χ2n) is 7.03. The summed E-state index contributed by atoms with van der Waals surface area (Å²) in [5.41, 5.74) is 0.105. The molecule has 1 fully saturated rings. The summed E-state index contributed by atoms with van der Waals surface area (Å²) >= 11 is 0. The molecule has 0 saturated carbocycles. The van der Waals surface area contributed by atoms with Crippen molar-refractivity contribution in [3.05, 3.63) is 23.8 Å². The lowest BCUT2D eigenvalue weighted by Crippen LogP contribution is -2.38. The van der Waals surface area contributed by atoms with Crippen LogP contribution in [0.5, 0.6) is 11.5 Å². The molecule has 7 nitrogen and oxygen atoms in total. The summed E-state index contributed by atoms with van der Waals surface area (Å²) in [5, 5.41) is 11.6. The van der Waals surface area contributed by atoms with Gasteiger partial charge in [-0.25, -0.2) is 4.79 Å². The fourth-order valence-electron chi connectivity index (χ4n) is 2.94. The predicted octanol–water partition coefficient (Wildman–Crippen LogP) is 1.40. The number of hydrogen-bond donors (Lipinski definition) is 0. The third-order valence-electron chi connectivity index (χ3n) is 4.11. The quantitative estimate of drug-likeness (QED) is 0.816. The summed E-state index contributed by atoms with van der Waals surface area (Å²) in [7, 11) is 3.04. The van der Waals surface area contributed by atoms with Crippen molar-refractivity contribution in [3.63, 3.8) is 0 Å². The standard InChI is InChI=1S/C18H25NO6/c1-18(2,3)25-17(22)19-9-12(13(10-19)16(20)21)11-6-7-14(23-4)15(8-11)24-5/h6-8,12-13H,9-10H2,1-5H3,(H,20,21)/p-1. The Morgan fingerprint density at radius 3 is 2.28 bits per heavy atom. The van der Waals surface area contributed by atoms with E-state index < -0.39 is 29.5 Å². The van der Waals surface area contributed by atoms with Gasteiger partial charge in [-0.2, -0.15) is 0 Å². The number of amides is 1. The van der Waals surface area contributed by atoms with Gasteiger partial charge in [0.2, 0.25) is 0 Å². The molecule has 1 aliphatic rings. The smallest absolute Gasteiger partial charge is 0.410 e. The van der Waals surface area contributed by atoms with Crippen molar-refractivity contribution in [2.24, 2.45) is 5.92 Å². The SMILES string of the molecule is COc1ccc(C2CN(C(=O)OC(C)(C)C)CC2C(=O)[O-])cc1OC. The van der Waals surface area contributed by atoms with Crippen molar-refractivity contribution in [3.8, 4) is 11.5 Å². The van der Waals surface area contributed by atoms with Gasteiger partial charge < -0.3 is 29.0 Å². The zero-order valence-electron chi connectivity index (χ0n) is 15.2. The van der Waals surface area contributed by atoms with Crippen LogP contribution in [0, 0.1) is 5.92 Å². The van der Waals surface area contributed by atoms with Crippen molar-refractivity contribution in [2.75, 3.05) is 27.3 Å². The summed E-state index contributed by atoms with van der Waals surface area (Å²) in [6.07, 6.45) is -0.526. The fraction of sp³-hybridized carbons (Fsp3) is 0.556. The van der Waals surface area contributed by atoms with E-state index in [9.17, 15) is 14.7 Å². The molecule has 2 unspecified atom stereocenters. The van der Waals surface area contributed by atoms with Crippen molar-refractivity contribution in [2.45, 2.75) is 32.3 Å². The van der Waals surface area contributed by atoms with Crippen LogP contribution < -0.4 is 14.6 Å². The Bertz CT molecular complexity index is 651. The van der Waals surface area contributed by atoms with Crippen molar-refractivity contribution in [1.29, 1.82) is 0 Å². The molecule has 1 amide bonds. The van der Waals surface area contributed by atoms with Gasteiger partial charge in [0.1, 0.15) is 5.60 Å². The molecule has 2 atom stereocenters. The van der Waals surface area contributed by atoms with Crippen LogP contribution in [0.3, 0.4) is 0 Å². The van der Waals surface area contributed by atoms with Crippen LogP contribution in [0.25, 0.3) is 0 Å². The second-order valence-corrected chi connectivity index (χ2v) is 7.03. The minimum Gasteiger partial charge on any atom is -0.550 e. The van der Waals surface area contributed by atoms with Gasteiger partial charge >= 0.3 is 6.09 Å². The minimum absolute atomic E-state index is 0.0518. The number of carboxylic acid groups (broad SMARTS) is 1. The summed E-state index contributed by atoms with van der Waals surface area (Å²) in [6.45, 7) is 5.59. The molecular formula is C18H24NO6-. The average molecular weight is 350 g/mol. The molecule has 7 heteroatoms. The van der Waals surface area contributed by atoms with E-state index in [4.69, 9.17) is 14.2 Å². The number of nitrogens with zero attached hydrogens (tertiary/aromatic N) is 1. The summed E-state index contributed by atoms with van der Waals surface area (Å²) in [4.78, 5) is 25.3. The lowest BCUT2D eigenvalue weighted by Gasteiger charge is -2.24. The fourth-order valence-corrected chi connectivity index (χ4v) is 2.94. The maximum atomic E-state index is 12.3. The highest BCUT2D eigenvalue weighted by atomic mass is 16.6. The van der Waals surface area contributed by atoms with E-state index in [0.29, 0.717) is 11.5 Å². The molecule has 25 heavy (non-hydrogen) atoms. The maximum Gasteiger partial charge on any atom is 0.410 e. The number of methoxy groups -OCH3 is 2. The van der Waals surface area contributed by atoms with Gasteiger partial charge in [-0.1, -0.05) is 6.07 Å². The van der Waals surface area contributed by atoms with E-state index in [-0.39, 0.29) is 13.1 Å². The number of benzene rings is 1. The number of carboxylic acids is 1. The van der Waals surface area contributed by atoms with Gasteiger partial charge in [-0.15, -0.1) is 0 Å². The van der Waals surface area contributed by atoms with E-state index in [1.807, 2.05) is 0 Å². The Kier molecular flexibility index (Phi) is 5.45. The zero-order valence-corrected chi connectivity index (χ0v) is 15.2. The second kappa shape index (κ2) is 7.21. The Labute approximate surface area is 147 Å². The first-order valence-corrected chi connectivity index (χ1v) is 8.07. The molecule has 0 bridgehead atoms. The lowest BCUT2D eigenvalue weighted by atomic mass is 9.89. The number of ether oxygens (including phenoxy) is 3. The number of rotatable bonds is 4. The summed E-state index contributed by atoms with van der Waals surface area (Å²) < 4.78 is 15.8. The minimum atomic E-state index is -1.19. The highest BCUT2D eigenvalue weighted by Gasteiger charge is 2.39.